The maximum absolute atomic E-state index is 10.9. The Morgan fingerprint density at radius 1 is 1.27 bits per heavy atom. The highest BCUT2D eigenvalue weighted by Gasteiger charge is 2.18. The number of rotatable bonds is 4. The lowest BCUT2D eigenvalue weighted by atomic mass is 10.0. The summed E-state index contributed by atoms with van der Waals surface area (Å²) in [6.07, 6.45) is 4.05. The standard InChI is InChI=1S/C12H24N2O/c1-10(11(2)13-12(3)15)9-14-7-5-4-6-8-14/h10-11H,4-9H2,1-3H3,(H,13,15)/t10-,11+/m0/s1. The number of carbonyl (C=O) groups excluding carboxylic acids is 1. The fraction of sp³-hybridized carbons (Fsp3) is 0.917. The van der Waals surface area contributed by atoms with Gasteiger partial charge in [-0.3, -0.25) is 4.79 Å². The molecule has 0 bridgehead atoms. The second-order valence-corrected chi connectivity index (χ2v) is 4.83. The van der Waals surface area contributed by atoms with Gasteiger partial charge in [-0.1, -0.05) is 13.3 Å². The van der Waals surface area contributed by atoms with Crippen molar-refractivity contribution in [3.63, 3.8) is 0 Å². The number of piperidine rings is 1. The van der Waals surface area contributed by atoms with E-state index in [1.54, 1.807) is 6.92 Å². The quantitative estimate of drug-likeness (QED) is 0.768. The lowest BCUT2D eigenvalue weighted by Crippen LogP contribution is -2.42. The van der Waals surface area contributed by atoms with Gasteiger partial charge >= 0.3 is 0 Å². The molecule has 3 heteroatoms. The molecule has 0 aromatic heterocycles. The fourth-order valence-electron chi connectivity index (χ4n) is 2.17. The Kier molecular flexibility index (Phi) is 5.09. The second kappa shape index (κ2) is 6.11. The van der Waals surface area contributed by atoms with Gasteiger partial charge in [0.15, 0.2) is 0 Å². The van der Waals surface area contributed by atoms with Gasteiger partial charge in [-0.05, 0) is 38.8 Å². The predicted molar refractivity (Wildman–Crippen MR) is 62.7 cm³/mol. The van der Waals surface area contributed by atoms with Crippen molar-refractivity contribution in [1.82, 2.24) is 10.2 Å². The van der Waals surface area contributed by atoms with Crippen molar-refractivity contribution in [3.05, 3.63) is 0 Å². The highest BCUT2D eigenvalue weighted by atomic mass is 16.1. The number of amides is 1. The van der Waals surface area contributed by atoms with Gasteiger partial charge in [-0.2, -0.15) is 0 Å². The average Bonchev–Trinajstić information content (AvgIpc) is 2.18. The minimum absolute atomic E-state index is 0.0768. The minimum Gasteiger partial charge on any atom is -0.354 e. The molecule has 1 N–H and O–H groups in total. The summed E-state index contributed by atoms with van der Waals surface area (Å²) in [4.78, 5) is 13.4. The van der Waals surface area contributed by atoms with E-state index >= 15 is 0 Å². The first-order valence-electron chi connectivity index (χ1n) is 6.09. The van der Waals surface area contributed by atoms with Crippen LogP contribution in [0.4, 0.5) is 0 Å². The van der Waals surface area contributed by atoms with E-state index in [-0.39, 0.29) is 11.9 Å². The van der Waals surface area contributed by atoms with Crippen LogP contribution < -0.4 is 5.32 Å². The molecule has 15 heavy (non-hydrogen) atoms. The molecule has 1 aliphatic rings. The minimum atomic E-state index is 0.0768. The summed E-state index contributed by atoms with van der Waals surface area (Å²) in [5.41, 5.74) is 0. The van der Waals surface area contributed by atoms with Crippen LogP contribution in [0.1, 0.15) is 40.0 Å². The van der Waals surface area contributed by atoms with Gasteiger partial charge in [-0.15, -0.1) is 0 Å². The van der Waals surface area contributed by atoms with E-state index in [1.807, 2.05) is 0 Å². The molecule has 3 nitrogen and oxygen atoms in total. The molecular formula is C12H24N2O. The molecule has 1 aliphatic heterocycles. The van der Waals surface area contributed by atoms with E-state index in [9.17, 15) is 4.79 Å². The first-order chi connectivity index (χ1) is 7.09. The van der Waals surface area contributed by atoms with Gasteiger partial charge in [0.25, 0.3) is 0 Å². The van der Waals surface area contributed by atoms with Crippen LogP contribution in [-0.2, 0) is 4.79 Å². The van der Waals surface area contributed by atoms with Crippen LogP contribution >= 0.6 is 0 Å². The van der Waals surface area contributed by atoms with Gasteiger partial charge in [0.05, 0.1) is 0 Å². The lowest BCUT2D eigenvalue weighted by Gasteiger charge is -2.31. The number of nitrogens with zero attached hydrogens (tertiary/aromatic N) is 1. The van der Waals surface area contributed by atoms with Crippen LogP contribution in [0.3, 0.4) is 0 Å². The molecule has 0 saturated carbocycles. The average molecular weight is 212 g/mol. The number of likely N-dealkylation sites (tertiary alicyclic amines) is 1. The number of carbonyl (C=O) groups is 1. The lowest BCUT2D eigenvalue weighted by molar-refractivity contribution is -0.119. The Morgan fingerprint density at radius 2 is 1.87 bits per heavy atom. The first kappa shape index (κ1) is 12.5. The zero-order valence-electron chi connectivity index (χ0n) is 10.3. The molecule has 2 atom stereocenters. The second-order valence-electron chi connectivity index (χ2n) is 4.83. The third-order valence-electron chi connectivity index (χ3n) is 3.28. The van der Waals surface area contributed by atoms with Crippen molar-refractivity contribution in [1.29, 1.82) is 0 Å². The summed E-state index contributed by atoms with van der Waals surface area (Å²) in [5, 5.41) is 2.97. The monoisotopic (exact) mass is 212 g/mol. The van der Waals surface area contributed by atoms with E-state index < -0.39 is 0 Å². The summed E-state index contributed by atoms with van der Waals surface area (Å²) in [6, 6.07) is 0.282. The van der Waals surface area contributed by atoms with Crippen molar-refractivity contribution < 1.29 is 4.79 Å². The summed E-state index contributed by atoms with van der Waals surface area (Å²) in [7, 11) is 0. The van der Waals surface area contributed by atoms with Crippen LogP contribution in [0.2, 0.25) is 0 Å². The third-order valence-corrected chi connectivity index (χ3v) is 3.28. The summed E-state index contributed by atoms with van der Waals surface area (Å²) in [6.45, 7) is 9.48. The molecule has 0 aliphatic carbocycles. The van der Waals surface area contributed by atoms with E-state index in [0.29, 0.717) is 5.92 Å². The molecule has 88 valence electrons. The van der Waals surface area contributed by atoms with Crippen LogP contribution in [0.5, 0.6) is 0 Å². The van der Waals surface area contributed by atoms with Gasteiger partial charge < -0.3 is 10.2 Å². The smallest absolute Gasteiger partial charge is 0.217 e. The molecule has 0 radical (unpaired) electrons. The highest BCUT2D eigenvalue weighted by Crippen LogP contribution is 2.12. The van der Waals surface area contributed by atoms with E-state index in [4.69, 9.17) is 0 Å². The topological polar surface area (TPSA) is 32.3 Å². The molecule has 0 unspecified atom stereocenters. The molecule has 0 spiro atoms. The van der Waals surface area contributed by atoms with Crippen molar-refractivity contribution >= 4 is 5.91 Å². The van der Waals surface area contributed by atoms with Crippen LogP contribution in [-0.4, -0.2) is 36.5 Å². The van der Waals surface area contributed by atoms with Gasteiger partial charge in [0, 0.05) is 19.5 Å². The normalized spacial score (nSPS) is 22.1. The van der Waals surface area contributed by atoms with Crippen molar-refractivity contribution in [2.45, 2.75) is 46.1 Å². The van der Waals surface area contributed by atoms with Crippen LogP contribution in [0.25, 0.3) is 0 Å². The number of nitrogens with one attached hydrogen (secondary N) is 1. The van der Waals surface area contributed by atoms with E-state index in [2.05, 4.69) is 24.1 Å². The molecule has 1 heterocycles. The first-order valence-corrected chi connectivity index (χ1v) is 6.09. The van der Waals surface area contributed by atoms with Crippen molar-refractivity contribution in [2.75, 3.05) is 19.6 Å². The van der Waals surface area contributed by atoms with Gasteiger partial charge in [0.1, 0.15) is 0 Å². The maximum Gasteiger partial charge on any atom is 0.217 e. The third kappa shape index (κ3) is 4.65. The number of hydrogen-bond donors (Lipinski definition) is 1. The Morgan fingerprint density at radius 3 is 2.40 bits per heavy atom. The largest absolute Gasteiger partial charge is 0.354 e. The van der Waals surface area contributed by atoms with Crippen molar-refractivity contribution in [3.8, 4) is 0 Å². The summed E-state index contributed by atoms with van der Waals surface area (Å²) < 4.78 is 0. The molecule has 1 amide bonds. The zero-order chi connectivity index (χ0) is 11.3. The maximum atomic E-state index is 10.9. The van der Waals surface area contributed by atoms with Gasteiger partial charge in [-0.25, -0.2) is 0 Å². The number of hydrogen-bond acceptors (Lipinski definition) is 2. The van der Waals surface area contributed by atoms with Gasteiger partial charge in [0.2, 0.25) is 5.91 Å². The zero-order valence-corrected chi connectivity index (χ0v) is 10.3. The highest BCUT2D eigenvalue weighted by molar-refractivity contribution is 5.73. The van der Waals surface area contributed by atoms with E-state index in [0.717, 1.165) is 6.54 Å². The van der Waals surface area contributed by atoms with Crippen LogP contribution in [0, 0.1) is 5.92 Å². The summed E-state index contributed by atoms with van der Waals surface area (Å²) >= 11 is 0. The Labute approximate surface area is 93.2 Å². The molecule has 1 rings (SSSR count). The molecule has 1 fully saturated rings. The fourth-order valence-corrected chi connectivity index (χ4v) is 2.17. The molecule has 0 aromatic rings. The Hall–Kier alpha value is -0.570. The molecule has 0 aromatic carbocycles. The van der Waals surface area contributed by atoms with E-state index in [1.165, 1.54) is 32.4 Å². The molecule has 1 saturated heterocycles. The Balaban J connectivity index is 2.26. The summed E-state index contributed by atoms with van der Waals surface area (Å²) in [5.74, 6) is 0.611. The van der Waals surface area contributed by atoms with Crippen LogP contribution in [0.15, 0.2) is 0 Å². The molecular weight excluding hydrogens is 188 g/mol. The predicted octanol–water partition coefficient (Wildman–Crippen LogP) is 1.63. The SMILES string of the molecule is CC(=O)N[C@H](C)[C@@H](C)CN1CCCCC1. The Bertz CT molecular complexity index is 200. The van der Waals surface area contributed by atoms with Crippen molar-refractivity contribution in [2.24, 2.45) is 5.92 Å².